The van der Waals surface area contributed by atoms with Crippen LogP contribution in [0.1, 0.15) is 48.9 Å². The van der Waals surface area contributed by atoms with Crippen molar-refractivity contribution in [3.63, 3.8) is 0 Å². The highest BCUT2D eigenvalue weighted by atomic mass is 16.6. The van der Waals surface area contributed by atoms with Crippen molar-refractivity contribution in [2.45, 2.75) is 44.6 Å². The van der Waals surface area contributed by atoms with Crippen LogP contribution in [0.4, 0.5) is 11.4 Å². The lowest BCUT2D eigenvalue weighted by Crippen LogP contribution is -2.29. The van der Waals surface area contributed by atoms with Crippen molar-refractivity contribution in [3.8, 4) is 0 Å². The number of aliphatic hydroxyl groups is 1. The maximum Gasteiger partial charge on any atom is 0.282 e. The number of rotatable bonds is 6. The molecule has 1 saturated carbocycles. The average molecular weight is 347 g/mol. The molecule has 1 amide bonds. The third-order valence-electron chi connectivity index (χ3n) is 5.33. The van der Waals surface area contributed by atoms with Gasteiger partial charge in [-0.15, -0.1) is 0 Å². The van der Waals surface area contributed by atoms with Crippen LogP contribution in [0.3, 0.4) is 0 Å². The number of hydrogen-bond donors (Lipinski definition) is 2. The Morgan fingerprint density at radius 3 is 2.72 bits per heavy atom. The van der Waals surface area contributed by atoms with Crippen molar-refractivity contribution >= 4 is 17.3 Å². The molecular formula is C18H25N3O4. The molecule has 1 aliphatic carbocycles. The number of hydrogen-bond acceptors (Lipinski definition) is 5. The van der Waals surface area contributed by atoms with Gasteiger partial charge in [-0.1, -0.05) is 6.42 Å². The molecule has 1 aliphatic heterocycles. The molecule has 2 fully saturated rings. The Bertz CT molecular complexity index is 643. The molecule has 0 spiro atoms. The van der Waals surface area contributed by atoms with Crippen molar-refractivity contribution < 1.29 is 14.8 Å². The van der Waals surface area contributed by atoms with E-state index in [9.17, 15) is 20.0 Å². The maximum absolute atomic E-state index is 12.7. The van der Waals surface area contributed by atoms with E-state index in [0.717, 1.165) is 44.2 Å². The van der Waals surface area contributed by atoms with Crippen LogP contribution in [0.25, 0.3) is 0 Å². The minimum absolute atomic E-state index is 0.138. The number of carbonyl (C=O) groups is 1. The van der Waals surface area contributed by atoms with E-state index in [2.05, 4.69) is 5.32 Å². The topological polar surface area (TPSA) is 95.7 Å². The summed E-state index contributed by atoms with van der Waals surface area (Å²) in [6, 6.07) is 4.95. The summed E-state index contributed by atoms with van der Waals surface area (Å²) in [4.78, 5) is 25.2. The molecule has 0 radical (unpaired) electrons. The predicted molar refractivity (Wildman–Crippen MR) is 94.7 cm³/mol. The van der Waals surface area contributed by atoms with Crippen LogP contribution >= 0.6 is 0 Å². The Labute approximate surface area is 147 Å². The Morgan fingerprint density at radius 2 is 2.04 bits per heavy atom. The van der Waals surface area contributed by atoms with Gasteiger partial charge in [-0.2, -0.15) is 0 Å². The van der Waals surface area contributed by atoms with E-state index in [4.69, 9.17) is 0 Å². The van der Waals surface area contributed by atoms with E-state index in [0.29, 0.717) is 19.0 Å². The summed E-state index contributed by atoms with van der Waals surface area (Å²) in [6.07, 6.45) is 5.84. The monoisotopic (exact) mass is 347 g/mol. The smallest absolute Gasteiger partial charge is 0.282 e. The van der Waals surface area contributed by atoms with Gasteiger partial charge in [0.15, 0.2) is 0 Å². The Morgan fingerprint density at radius 1 is 1.28 bits per heavy atom. The van der Waals surface area contributed by atoms with E-state index in [1.54, 1.807) is 17.0 Å². The third kappa shape index (κ3) is 3.92. The van der Waals surface area contributed by atoms with E-state index in [-0.39, 0.29) is 29.8 Å². The molecule has 1 heterocycles. The van der Waals surface area contributed by atoms with E-state index >= 15 is 0 Å². The van der Waals surface area contributed by atoms with Crippen LogP contribution in [0.2, 0.25) is 0 Å². The first-order valence-corrected chi connectivity index (χ1v) is 9.05. The summed E-state index contributed by atoms with van der Waals surface area (Å²) < 4.78 is 0. The highest BCUT2D eigenvalue weighted by Gasteiger charge is 2.29. The molecule has 2 atom stereocenters. The molecule has 1 aromatic carbocycles. The number of amides is 1. The van der Waals surface area contributed by atoms with Crippen molar-refractivity contribution in [1.82, 2.24) is 4.90 Å². The van der Waals surface area contributed by atoms with Crippen LogP contribution in [0.15, 0.2) is 18.2 Å². The summed E-state index contributed by atoms with van der Waals surface area (Å²) in [5.74, 6) is 0.143. The van der Waals surface area contributed by atoms with Gasteiger partial charge in [-0.3, -0.25) is 14.9 Å². The zero-order valence-corrected chi connectivity index (χ0v) is 14.3. The lowest BCUT2D eigenvalue weighted by molar-refractivity contribution is -0.385. The Balaban J connectivity index is 1.82. The fraction of sp³-hybridized carbons (Fsp3) is 0.611. The molecule has 0 bridgehead atoms. The maximum atomic E-state index is 12.7. The molecular weight excluding hydrogens is 322 g/mol. The van der Waals surface area contributed by atoms with Gasteiger partial charge in [-0.05, 0) is 50.2 Å². The number of benzene rings is 1. The normalized spacial score (nSPS) is 23.0. The molecule has 2 unspecified atom stereocenters. The van der Waals surface area contributed by atoms with E-state index in [1.165, 1.54) is 6.07 Å². The summed E-state index contributed by atoms with van der Waals surface area (Å²) in [7, 11) is 0. The second-order valence-electron chi connectivity index (χ2n) is 6.94. The zero-order chi connectivity index (χ0) is 17.8. The quantitative estimate of drug-likeness (QED) is 0.609. The number of carbonyl (C=O) groups excluding carboxylic acids is 1. The molecule has 3 rings (SSSR count). The molecule has 25 heavy (non-hydrogen) atoms. The van der Waals surface area contributed by atoms with Gasteiger partial charge >= 0.3 is 0 Å². The van der Waals surface area contributed by atoms with Gasteiger partial charge in [0.2, 0.25) is 0 Å². The van der Waals surface area contributed by atoms with Gasteiger partial charge in [0.1, 0.15) is 5.56 Å². The largest absolute Gasteiger partial charge is 0.396 e. The minimum atomic E-state index is -0.489. The highest BCUT2D eigenvalue weighted by Crippen LogP contribution is 2.32. The third-order valence-corrected chi connectivity index (χ3v) is 5.33. The van der Waals surface area contributed by atoms with Crippen LogP contribution in [-0.2, 0) is 0 Å². The minimum Gasteiger partial charge on any atom is -0.396 e. The van der Waals surface area contributed by atoms with Crippen molar-refractivity contribution in [3.05, 3.63) is 33.9 Å². The number of nitro groups is 1. The van der Waals surface area contributed by atoms with Crippen LogP contribution in [-0.4, -0.2) is 46.6 Å². The van der Waals surface area contributed by atoms with Crippen molar-refractivity contribution in [2.75, 3.05) is 25.0 Å². The molecule has 7 nitrogen and oxygen atoms in total. The fourth-order valence-corrected chi connectivity index (χ4v) is 4.00. The van der Waals surface area contributed by atoms with Crippen molar-refractivity contribution in [1.29, 1.82) is 0 Å². The molecule has 2 aliphatic rings. The number of aliphatic hydroxyl groups excluding tert-OH is 1. The first kappa shape index (κ1) is 17.7. The van der Waals surface area contributed by atoms with Crippen LogP contribution in [0.5, 0.6) is 0 Å². The van der Waals surface area contributed by atoms with Gasteiger partial charge in [0.05, 0.1) is 4.92 Å². The Hall–Kier alpha value is -2.15. The first-order valence-electron chi connectivity index (χ1n) is 9.05. The summed E-state index contributed by atoms with van der Waals surface area (Å²) in [5, 5.41) is 23.9. The summed E-state index contributed by atoms with van der Waals surface area (Å²) in [5.41, 5.74) is 0.761. The lowest BCUT2D eigenvalue weighted by Gasteiger charge is -2.22. The Kier molecular flexibility index (Phi) is 5.53. The van der Waals surface area contributed by atoms with Gasteiger partial charge < -0.3 is 15.3 Å². The second kappa shape index (κ2) is 7.82. The average Bonchev–Trinajstić information content (AvgIpc) is 3.27. The number of anilines is 1. The van der Waals surface area contributed by atoms with Gasteiger partial charge in [0, 0.05) is 37.5 Å². The van der Waals surface area contributed by atoms with Gasteiger partial charge in [0.25, 0.3) is 11.6 Å². The number of nitrogens with zero attached hydrogens (tertiary/aromatic N) is 2. The molecule has 1 aromatic rings. The van der Waals surface area contributed by atoms with Crippen LogP contribution in [0, 0.1) is 16.0 Å². The number of nitrogens with one attached hydrogen (secondary N) is 1. The van der Waals surface area contributed by atoms with Gasteiger partial charge in [-0.25, -0.2) is 0 Å². The molecule has 1 saturated heterocycles. The van der Waals surface area contributed by atoms with Crippen LogP contribution < -0.4 is 5.32 Å². The highest BCUT2D eigenvalue weighted by molar-refractivity contribution is 5.99. The molecule has 7 heteroatoms. The molecule has 2 N–H and O–H groups in total. The summed E-state index contributed by atoms with van der Waals surface area (Å²) >= 11 is 0. The predicted octanol–water partition coefficient (Wildman–Crippen LogP) is 2.79. The van der Waals surface area contributed by atoms with E-state index in [1.807, 2.05) is 0 Å². The number of likely N-dealkylation sites (tertiary alicyclic amines) is 1. The summed E-state index contributed by atoms with van der Waals surface area (Å²) in [6.45, 7) is 1.49. The standard InChI is InChI=1S/C18H25N3O4/c22-11-8-13-4-3-5-16(13)19-14-6-7-17(21(24)25)15(12-14)18(23)20-9-1-2-10-20/h6-7,12-13,16,19,22H,1-5,8-11H2. The van der Waals surface area contributed by atoms with E-state index < -0.39 is 4.92 Å². The second-order valence-corrected chi connectivity index (χ2v) is 6.94. The molecule has 0 aromatic heterocycles. The fourth-order valence-electron chi connectivity index (χ4n) is 4.00. The number of nitro benzene ring substituents is 1. The molecule has 136 valence electrons. The first-order chi connectivity index (χ1) is 12.1. The van der Waals surface area contributed by atoms with Crippen molar-refractivity contribution in [2.24, 2.45) is 5.92 Å². The zero-order valence-electron chi connectivity index (χ0n) is 14.3. The SMILES string of the molecule is O=C(c1cc(NC2CCCC2CCO)ccc1[N+](=O)[O-])N1CCCC1. The lowest BCUT2D eigenvalue weighted by atomic mass is 9.99.